The average Bonchev–Trinajstić information content (AvgIpc) is 2.83. The van der Waals surface area contributed by atoms with Gasteiger partial charge in [0.2, 0.25) is 0 Å². The summed E-state index contributed by atoms with van der Waals surface area (Å²) >= 11 is 0. The Morgan fingerprint density at radius 3 is 2.03 bits per heavy atom. The first-order valence-corrected chi connectivity index (χ1v) is 12.4. The number of carboxylic acids is 1. The van der Waals surface area contributed by atoms with Crippen LogP contribution in [0.25, 0.3) is 11.1 Å². The lowest BCUT2D eigenvalue weighted by Crippen LogP contribution is -2.26. The minimum atomic E-state index is -4.37. The van der Waals surface area contributed by atoms with E-state index in [9.17, 15) is 22.8 Å². The van der Waals surface area contributed by atoms with Crippen LogP contribution < -0.4 is 10.1 Å². The molecule has 0 aromatic heterocycles. The van der Waals surface area contributed by atoms with E-state index in [1.165, 1.54) is 12.1 Å². The van der Waals surface area contributed by atoms with Gasteiger partial charge < -0.3 is 15.2 Å². The highest BCUT2D eigenvalue weighted by Crippen LogP contribution is 2.35. The predicted molar refractivity (Wildman–Crippen MR) is 140 cm³/mol. The molecule has 0 aliphatic carbocycles. The number of aryl methyl sites for hydroxylation is 2. The maximum atomic E-state index is 12.9. The molecule has 1 atom stereocenters. The number of carboxylic acid groups (broad SMARTS) is 1. The van der Waals surface area contributed by atoms with Gasteiger partial charge in [-0.15, -0.1) is 0 Å². The number of hydrogen-bond donors (Lipinski definition) is 2. The van der Waals surface area contributed by atoms with Crippen molar-refractivity contribution in [1.29, 1.82) is 0 Å². The van der Waals surface area contributed by atoms with Gasteiger partial charge in [0.05, 0.1) is 18.6 Å². The van der Waals surface area contributed by atoms with Crippen LogP contribution in [0.15, 0.2) is 60.7 Å². The molecule has 0 aliphatic rings. The highest BCUT2D eigenvalue weighted by Gasteiger charge is 2.30. The van der Waals surface area contributed by atoms with Crippen molar-refractivity contribution in [2.24, 2.45) is 5.92 Å². The molecule has 3 aromatic carbocycles. The molecule has 0 fully saturated rings. The van der Waals surface area contributed by atoms with Crippen LogP contribution in [0.5, 0.6) is 5.75 Å². The van der Waals surface area contributed by atoms with Crippen LogP contribution in [0.4, 0.5) is 13.2 Å². The van der Waals surface area contributed by atoms with Crippen LogP contribution in [0, 0.1) is 19.8 Å². The number of hydrogen-bond acceptors (Lipinski definition) is 3. The molecule has 0 saturated carbocycles. The van der Waals surface area contributed by atoms with E-state index in [0.717, 1.165) is 34.4 Å². The number of rotatable bonds is 10. The number of benzene rings is 3. The Labute approximate surface area is 220 Å². The second-order valence-electron chi connectivity index (χ2n) is 9.69. The maximum absolute atomic E-state index is 12.9. The normalized spacial score (nSPS) is 12.3. The van der Waals surface area contributed by atoms with Gasteiger partial charge in [0.1, 0.15) is 5.75 Å². The van der Waals surface area contributed by atoms with Crippen molar-refractivity contribution in [3.63, 3.8) is 0 Å². The molecule has 0 heterocycles. The third-order valence-corrected chi connectivity index (χ3v) is 6.47. The number of carbonyl (C=O) groups is 2. The highest BCUT2D eigenvalue weighted by molar-refractivity contribution is 5.94. The van der Waals surface area contributed by atoms with Crippen molar-refractivity contribution in [2.75, 3.05) is 13.2 Å². The predicted octanol–water partition coefficient (Wildman–Crippen LogP) is 7.01. The third kappa shape index (κ3) is 7.37. The van der Waals surface area contributed by atoms with Gasteiger partial charge in [0.25, 0.3) is 5.91 Å². The first-order chi connectivity index (χ1) is 17.9. The molecular weight excluding hydrogens is 495 g/mol. The summed E-state index contributed by atoms with van der Waals surface area (Å²) in [6, 6.07) is 16.1. The zero-order valence-electron chi connectivity index (χ0n) is 21.9. The number of halogens is 3. The van der Waals surface area contributed by atoms with E-state index in [4.69, 9.17) is 9.84 Å². The van der Waals surface area contributed by atoms with Gasteiger partial charge in [-0.05, 0) is 84.0 Å². The topological polar surface area (TPSA) is 75.6 Å². The van der Waals surface area contributed by atoms with Crippen LogP contribution in [0.2, 0.25) is 0 Å². The molecule has 3 aromatic rings. The Kier molecular flexibility index (Phi) is 9.20. The number of aliphatic carboxylic acids is 1. The van der Waals surface area contributed by atoms with Crippen molar-refractivity contribution in [3.8, 4) is 16.9 Å². The van der Waals surface area contributed by atoms with Gasteiger partial charge in [-0.2, -0.15) is 13.2 Å². The van der Waals surface area contributed by atoms with Crippen LogP contribution >= 0.6 is 0 Å². The molecule has 38 heavy (non-hydrogen) atoms. The van der Waals surface area contributed by atoms with Gasteiger partial charge in [-0.3, -0.25) is 9.59 Å². The van der Waals surface area contributed by atoms with E-state index < -0.39 is 17.7 Å². The van der Waals surface area contributed by atoms with E-state index in [-0.39, 0.29) is 30.7 Å². The summed E-state index contributed by atoms with van der Waals surface area (Å²) in [6.07, 6.45) is -4.51. The summed E-state index contributed by atoms with van der Waals surface area (Å²) < 4.78 is 45.0. The fraction of sp³-hybridized carbons (Fsp3) is 0.333. The fourth-order valence-electron chi connectivity index (χ4n) is 4.41. The molecule has 0 spiro atoms. The summed E-state index contributed by atoms with van der Waals surface area (Å²) in [7, 11) is 0. The Bertz CT molecular complexity index is 1240. The third-order valence-electron chi connectivity index (χ3n) is 6.47. The second-order valence-corrected chi connectivity index (χ2v) is 9.69. The van der Waals surface area contributed by atoms with Crippen molar-refractivity contribution in [2.45, 2.75) is 46.2 Å². The molecule has 1 amide bonds. The molecule has 3 rings (SSSR count). The summed E-state index contributed by atoms with van der Waals surface area (Å²) in [5.74, 6) is -0.321. The van der Waals surface area contributed by atoms with E-state index >= 15 is 0 Å². The molecule has 202 valence electrons. The van der Waals surface area contributed by atoms with Crippen molar-refractivity contribution in [1.82, 2.24) is 5.32 Å². The first kappa shape index (κ1) is 28.8. The molecule has 0 saturated heterocycles. The Morgan fingerprint density at radius 1 is 0.947 bits per heavy atom. The fourth-order valence-corrected chi connectivity index (χ4v) is 4.41. The average molecular weight is 528 g/mol. The Morgan fingerprint density at radius 2 is 1.53 bits per heavy atom. The number of ether oxygens (including phenoxy) is 1. The van der Waals surface area contributed by atoms with Crippen LogP contribution in [-0.4, -0.2) is 30.1 Å². The number of nitrogens with one attached hydrogen (secondary N) is 1. The summed E-state index contributed by atoms with van der Waals surface area (Å²) in [5, 5.41) is 11.3. The molecule has 8 heteroatoms. The molecule has 1 unspecified atom stereocenters. The zero-order valence-corrected chi connectivity index (χ0v) is 21.9. The summed E-state index contributed by atoms with van der Waals surface area (Å²) in [6.45, 7) is 8.46. The minimum Gasteiger partial charge on any atom is -0.493 e. The van der Waals surface area contributed by atoms with Crippen LogP contribution in [0.3, 0.4) is 0 Å². The van der Waals surface area contributed by atoms with Gasteiger partial charge in [-0.1, -0.05) is 38.1 Å². The highest BCUT2D eigenvalue weighted by atomic mass is 19.4. The van der Waals surface area contributed by atoms with Gasteiger partial charge in [0, 0.05) is 18.0 Å². The molecule has 2 N–H and O–H groups in total. The molecular formula is C30H32F3NO4. The molecule has 0 radical (unpaired) electrons. The van der Waals surface area contributed by atoms with Crippen LogP contribution in [-0.2, 0) is 11.0 Å². The second kappa shape index (κ2) is 12.2. The first-order valence-electron chi connectivity index (χ1n) is 12.4. The smallest absolute Gasteiger partial charge is 0.416 e. The minimum absolute atomic E-state index is 0.0503. The van der Waals surface area contributed by atoms with Gasteiger partial charge in [0.15, 0.2) is 0 Å². The zero-order chi connectivity index (χ0) is 28.0. The van der Waals surface area contributed by atoms with E-state index in [2.05, 4.69) is 19.2 Å². The van der Waals surface area contributed by atoms with E-state index in [1.54, 1.807) is 12.1 Å². The number of amides is 1. The van der Waals surface area contributed by atoms with E-state index in [1.807, 2.05) is 38.1 Å². The summed E-state index contributed by atoms with van der Waals surface area (Å²) in [4.78, 5) is 22.9. The lowest BCUT2D eigenvalue weighted by Gasteiger charge is -2.23. The van der Waals surface area contributed by atoms with Gasteiger partial charge in [-0.25, -0.2) is 0 Å². The van der Waals surface area contributed by atoms with Crippen LogP contribution in [0.1, 0.15) is 58.8 Å². The lowest BCUT2D eigenvalue weighted by atomic mass is 9.88. The quantitative estimate of drug-likeness (QED) is 0.297. The van der Waals surface area contributed by atoms with E-state index in [0.29, 0.717) is 23.5 Å². The Balaban J connectivity index is 1.71. The lowest BCUT2D eigenvalue weighted by molar-refractivity contribution is -0.138. The largest absolute Gasteiger partial charge is 0.493 e. The molecule has 5 nitrogen and oxygen atoms in total. The maximum Gasteiger partial charge on any atom is 0.416 e. The van der Waals surface area contributed by atoms with Gasteiger partial charge >= 0.3 is 12.1 Å². The molecule has 0 aliphatic heterocycles. The number of carbonyl (C=O) groups excluding carboxylic acids is 1. The van der Waals surface area contributed by atoms with Crippen molar-refractivity contribution < 1.29 is 32.6 Å². The van der Waals surface area contributed by atoms with Crippen molar-refractivity contribution >= 4 is 11.9 Å². The molecule has 0 bridgehead atoms. The summed E-state index contributed by atoms with van der Waals surface area (Å²) in [5.41, 5.74) is 4.18. The standard InChI is InChI=1S/C30H32F3NO4/c1-18(2)26(21-5-7-23(8-6-21)29(37)34-14-13-27(35)36)17-38-25-15-19(3)28(20(4)16-25)22-9-11-24(12-10-22)30(31,32)33/h5-12,15-16,18,26H,13-14,17H2,1-4H3,(H,34,37)(H,35,36). The number of alkyl halides is 3. The van der Waals surface area contributed by atoms with Crippen molar-refractivity contribution in [3.05, 3.63) is 88.5 Å². The Hall–Kier alpha value is -3.81. The SMILES string of the molecule is Cc1cc(OCC(c2ccc(C(=O)NCCC(=O)O)cc2)C(C)C)cc(C)c1-c1ccc(C(F)(F)F)cc1. The monoisotopic (exact) mass is 527 g/mol.